The quantitative estimate of drug-likeness (QED) is 0.462. The summed E-state index contributed by atoms with van der Waals surface area (Å²) in [5.74, 6) is 1.72. The second kappa shape index (κ2) is 10.5. The van der Waals surface area contributed by atoms with Crippen LogP contribution in [0.1, 0.15) is 29.1 Å². The van der Waals surface area contributed by atoms with E-state index in [4.69, 9.17) is 16.6 Å². The number of hydrogen-bond donors (Lipinski definition) is 1. The van der Waals surface area contributed by atoms with Gasteiger partial charge in [0.25, 0.3) is 0 Å². The Hall–Kier alpha value is -2.64. The van der Waals surface area contributed by atoms with E-state index in [1.807, 2.05) is 67.3 Å². The Balaban J connectivity index is 1.49. The van der Waals surface area contributed by atoms with Gasteiger partial charge in [-0.2, -0.15) is 0 Å². The van der Waals surface area contributed by atoms with Crippen LogP contribution in [0.25, 0.3) is 0 Å². The third kappa shape index (κ3) is 6.03. The number of benzene rings is 2. The maximum Gasteiger partial charge on any atom is 0.321 e. The molecule has 0 spiro atoms. The molecule has 8 heteroatoms. The minimum Gasteiger partial charge on any atom is -0.354 e. The van der Waals surface area contributed by atoms with Crippen molar-refractivity contribution in [3.63, 3.8) is 0 Å². The summed E-state index contributed by atoms with van der Waals surface area (Å²) in [6.07, 6.45) is 1.61. The summed E-state index contributed by atoms with van der Waals surface area (Å²) in [5, 5.41) is 3.73. The first-order valence-corrected chi connectivity index (χ1v) is 12.2. The number of anilines is 2. The largest absolute Gasteiger partial charge is 0.354 e. The lowest BCUT2D eigenvalue weighted by atomic mass is 10.0. The van der Waals surface area contributed by atoms with E-state index in [0.717, 1.165) is 64.0 Å². The third-order valence-corrected chi connectivity index (χ3v) is 6.56. The van der Waals surface area contributed by atoms with Crippen LogP contribution in [0.4, 0.5) is 16.3 Å². The average Bonchev–Trinajstić information content (AvgIpc) is 3.05. The molecule has 0 atom stereocenters. The van der Waals surface area contributed by atoms with E-state index in [1.54, 1.807) is 0 Å². The zero-order valence-corrected chi connectivity index (χ0v) is 21.2. The van der Waals surface area contributed by atoms with Crippen molar-refractivity contribution in [3.05, 3.63) is 80.7 Å². The smallest absolute Gasteiger partial charge is 0.321 e. The predicted molar refractivity (Wildman–Crippen MR) is 137 cm³/mol. The topological polar surface area (TPSA) is 61.4 Å². The highest BCUT2D eigenvalue weighted by Gasteiger charge is 2.23. The molecule has 4 rings (SSSR count). The molecule has 0 bridgehead atoms. The molecule has 1 N–H and O–H groups in total. The van der Waals surface area contributed by atoms with Gasteiger partial charge in [0.05, 0.1) is 0 Å². The lowest BCUT2D eigenvalue weighted by molar-refractivity contribution is 0.215. The van der Waals surface area contributed by atoms with Gasteiger partial charge in [-0.3, -0.25) is 0 Å². The number of aryl methyl sites for hydroxylation is 2. The van der Waals surface area contributed by atoms with E-state index >= 15 is 0 Å². The normalized spacial score (nSPS) is 14.2. The molecule has 1 aromatic heterocycles. The Bertz CT molecular complexity index is 1120. The number of rotatable bonds is 4. The van der Waals surface area contributed by atoms with Gasteiger partial charge in [0.1, 0.15) is 11.6 Å². The molecule has 2 heterocycles. The number of halogens is 2. The van der Waals surface area contributed by atoms with Crippen molar-refractivity contribution in [3.8, 4) is 0 Å². The number of nitrogens with zero attached hydrogens (tertiary/aromatic N) is 4. The van der Waals surface area contributed by atoms with Crippen molar-refractivity contribution in [2.75, 3.05) is 36.4 Å². The molecule has 6 nitrogen and oxygen atoms in total. The summed E-state index contributed by atoms with van der Waals surface area (Å²) < 4.78 is 0.982. The summed E-state index contributed by atoms with van der Waals surface area (Å²) in [6.45, 7) is 6.86. The van der Waals surface area contributed by atoms with Crippen molar-refractivity contribution in [2.24, 2.45) is 0 Å². The fourth-order valence-corrected chi connectivity index (χ4v) is 4.45. The van der Waals surface area contributed by atoms with E-state index in [0.29, 0.717) is 13.1 Å². The van der Waals surface area contributed by atoms with Crippen LogP contribution in [0.15, 0.2) is 53.0 Å². The zero-order valence-electron chi connectivity index (χ0n) is 18.8. The first-order valence-electron chi connectivity index (χ1n) is 11.0. The van der Waals surface area contributed by atoms with Gasteiger partial charge in [-0.1, -0.05) is 39.7 Å². The van der Waals surface area contributed by atoms with Crippen LogP contribution in [0, 0.1) is 13.8 Å². The van der Waals surface area contributed by atoms with E-state index in [-0.39, 0.29) is 6.03 Å². The van der Waals surface area contributed by atoms with Crippen LogP contribution < -0.4 is 10.2 Å². The molecular weight excluding hydrogens is 502 g/mol. The molecule has 0 aliphatic carbocycles. The molecule has 1 aliphatic rings. The molecule has 1 fully saturated rings. The van der Waals surface area contributed by atoms with Crippen molar-refractivity contribution in [1.29, 1.82) is 0 Å². The monoisotopic (exact) mass is 527 g/mol. The van der Waals surface area contributed by atoms with Crippen LogP contribution >= 0.6 is 27.5 Å². The molecule has 172 valence electrons. The van der Waals surface area contributed by atoms with Crippen LogP contribution in [0.2, 0.25) is 5.02 Å². The van der Waals surface area contributed by atoms with E-state index in [2.05, 4.69) is 31.1 Å². The van der Waals surface area contributed by atoms with E-state index in [9.17, 15) is 4.79 Å². The Morgan fingerprint density at radius 2 is 1.73 bits per heavy atom. The van der Waals surface area contributed by atoms with Gasteiger partial charge in [-0.15, -0.1) is 0 Å². The summed E-state index contributed by atoms with van der Waals surface area (Å²) in [7, 11) is 0. The highest BCUT2D eigenvalue weighted by molar-refractivity contribution is 9.10. The fraction of sp³-hybridized carbons (Fsp3) is 0.320. The molecule has 1 saturated heterocycles. The van der Waals surface area contributed by atoms with Gasteiger partial charge in [0.2, 0.25) is 0 Å². The lowest BCUT2D eigenvalue weighted by Gasteiger charge is -2.26. The molecule has 2 amide bonds. The maximum absolute atomic E-state index is 12.8. The number of aromatic nitrogens is 2. The Morgan fingerprint density at radius 3 is 2.45 bits per heavy atom. The van der Waals surface area contributed by atoms with Crippen molar-refractivity contribution >= 4 is 45.1 Å². The minimum atomic E-state index is -0.0735. The van der Waals surface area contributed by atoms with Crippen LogP contribution in [-0.4, -0.2) is 47.1 Å². The zero-order chi connectivity index (χ0) is 23.4. The molecule has 0 saturated carbocycles. The number of hydrogen-bond acceptors (Lipinski definition) is 4. The SMILES string of the molecule is Cc1nc(C)c(Cc2ccc(Cl)cc2)c(N2CCCN(C(=O)Nc3ccc(Br)cc3)CC2)n1. The van der Waals surface area contributed by atoms with Crippen LogP contribution in [-0.2, 0) is 6.42 Å². The van der Waals surface area contributed by atoms with Crippen LogP contribution in [0.5, 0.6) is 0 Å². The van der Waals surface area contributed by atoms with Gasteiger partial charge >= 0.3 is 6.03 Å². The van der Waals surface area contributed by atoms with Gasteiger partial charge in [-0.25, -0.2) is 14.8 Å². The van der Waals surface area contributed by atoms with Gasteiger partial charge in [-0.05, 0) is 62.2 Å². The Morgan fingerprint density at radius 1 is 1.00 bits per heavy atom. The fourth-order valence-electron chi connectivity index (χ4n) is 4.06. The molecule has 0 unspecified atom stereocenters. The lowest BCUT2D eigenvalue weighted by Crippen LogP contribution is -2.38. The average molecular weight is 529 g/mol. The van der Waals surface area contributed by atoms with Gasteiger partial charge in [0, 0.05) is 59.0 Å². The molecular formula is C25H27BrClN5O. The molecule has 33 heavy (non-hydrogen) atoms. The summed E-state index contributed by atoms with van der Waals surface area (Å²) in [4.78, 5) is 26.5. The summed E-state index contributed by atoms with van der Waals surface area (Å²) in [5.41, 5.74) is 4.07. The predicted octanol–water partition coefficient (Wildman–Crippen LogP) is 5.84. The molecule has 0 radical (unpaired) electrons. The van der Waals surface area contributed by atoms with Crippen molar-refractivity contribution in [2.45, 2.75) is 26.7 Å². The van der Waals surface area contributed by atoms with E-state index in [1.165, 1.54) is 5.56 Å². The maximum atomic E-state index is 12.8. The minimum absolute atomic E-state index is 0.0735. The van der Waals surface area contributed by atoms with Crippen molar-refractivity contribution in [1.82, 2.24) is 14.9 Å². The second-order valence-electron chi connectivity index (χ2n) is 8.23. The first-order chi connectivity index (χ1) is 15.9. The summed E-state index contributed by atoms with van der Waals surface area (Å²) >= 11 is 9.48. The number of nitrogens with one attached hydrogen (secondary N) is 1. The van der Waals surface area contributed by atoms with Crippen molar-refractivity contribution < 1.29 is 4.79 Å². The molecule has 1 aliphatic heterocycles. The van der Waals surface area contributed by atoms with E-state index < -0.39 is 0 Å². The molecule has 2 aromatic carbocycles. The molecule has 3 aromatic rings. The second-order valence-corrected chi connectivity index (χ2v) is 9.58. The number of carbonyl (C=O) groups excluding carboxylic acids is 1. The van der Waals surface area contributed by atoms with Crippen LogP contribution in [0.3, 0.4) is 0 Å². The third-order valence-electron chi connectivity index (χ3n) is 5.78. The van der Waals surface area contributed by atoms with Gasteiger partial charge in [0.15, 0.2) is 0 Å². The number of amides is 2. The Labute approximate surface area is 208 Å². The number of urea groups is 1. The number of carbonyl (C=O) groups is 1. The highest BCUT2D eigenvalue weighted by atomic mass is 79.9. The first kappa shape index (κ1) is 23.5. The summed E-state index contributed by atoms with van der Waals surface area (Å²) in [6, 6.07) is 15.5. The van der Waals surface area contributed by atoms with Gasteiger partial charge < -0.3 is 15.1 Å². The Kier molecular flexibility index (Phi) is 7.50. The standard InChI is InChI=1S/C25H27BrClN5O/c1-17-23(16-19-4-8-21(27)9-5-19)24(29-18(2)28-17)31-12-3-13-32(15-14-31)25(33)30-22-10-6-20(26)7-11-22/h4-11H,3,12-16H2,1-2H3,(H,30,33). The highest BCUT2D eigenvalue weighted by Crippen LogP contribution is 2.26.